The lowest BCUT2D eigenvalue weighted by Crippen LogP contribution is -2.44. The van der Waals surface area contributed by atoms with E-state index in [2.05, 4.69) is 9.97 Å². The highest BCUT2D eigenvalue weighted by molar-refractivity contribution is 5.94. The zero-order valence-electron chi connectivity index (χ0n) is 15.7. The van der Waals surface area contributed by atoms with Crippen molar-refractivity contribution in [3.63, 3.8) is 0 Å². The van der Waals surface area contributed by atoms with E-state index in [-0.39, 0.29) is 17.2 Å². The molecule has 146 valence electrons. The molecule has 0 bridgehead atoms. The molecule has 1 aromatic carbocycles. The van der Waals surface area contributed by atoms with Crippen LogP contribution in [0.25, 0.3) is 11.0 Å². The molecule has 2 fully saturated rings. The van der Waals surface area contributed by atoms with Crippen LogP contribution in [0.1, 0.15) is 36.7 Å². The molecule has 1 aromatic heterocycles. The SMILES string of the molecule is CC(=O)N1CC2(CCN(C(=O)c3cnc4ccccc4n3)CC2)CC1C(=O)O. The van der Waals surface area contributed by atoms with Gasteiger partial charge in [-0.3, -0.25) is 14.6 Å². The number of nitrogens with zero attached hydrogens (tertiary/aromatic N) is 4. The normalized spacial score (nSPS) is 21.2. The molecule has 2 aliphatic rings. The van der Waals surface area contributed by atoms with Crippen LogP contribution in [0.2, 0.25) is 0 Å². The van der Waals surface area contributed by atoms with Crippen LogP contribution in [0.5, 0.6) is 0 Å². The monoisotopic (exact) mass is 382 g/mol. The van der Waals surface area contributed by atoms with Crippen LogP contribution >= 0.6 is 0 Å². The van der Waals surface area contributed by atoms with Crippen molar-refractivity contribution in [2.45, 2.75) is 32.2 Å². The van der Waals surface area contributed by atoms with E-state index in [1.54, 1.807) is 4.90 Å². The molecular formula is C20H22N4O4. The molecule has 1 atom stereocenters. The fourth-order valence-electron chi connectivity index (χ4n) is 4.38. The van der Waals surface area contributed by atoms with Gasteiger partial charge >= 0.3 is 5.97 Å². The molecule has 2 aromatic rings. The summed E-state index contributed by atoms with van der Waals surface area (Å²) in [5, 5.41) is 9.45. The third-order valence-corrected chi connectivity index (χ3v) is 5.98. The number of aliphatic carboxylic acids is 1. The third kappa shape index (κ3) is 3.19. The molecule has 2 amide bonds. The van der Waals surface area contributed by atoms with Gasteiger partial charge in [-0.2, -0.15) is 0 Å². The van der Waals surface area contributed by atoms with Gasteiger partial charge in [-0.05, 0) is 36.8 Å². The van der Waals surface area contributed by atoms with Crippen molar-refractivity contribution >= 4 is 28.8 Å². The van der Waals surface area contributed by atoms with Crippen LogP contribution in [-0.4, -0.2) is 68.3 Å². The molecule has 8 heteroatoms. The summed E-state index contributed by atoms with van der Waals surface area (Å²) in [6.45, 7) is 2.89. The number of carboxylic acids is 1. The van der Waals surface area contributed by atoms with Gasteiger partial charge in [0.15, 0.2) is 0 Å². The lowest BCUT2D eigenvalue weighted by Gasteiger charge is -2.39. The van der Waals surface area contributed by atoms with E-state index in [4.69, 9.17) is 0 Å². The zero-order chi connectivity index (χ0) is 19.9. The average Bonchev–Trinajstić information content (AvgIpc) is 3.07. The summed E-state index contributed by atoms with van der Waals surface area (Å²) in [5.41, 5.74) is 1.50. The maximum Gasteiger partial charge on any atom is 0.326 e. The molecule has 1 unspecified atom stereocenters. The smallest absolute Gasteiger partial charge is 0.326 e. The Labute approximate surface area is 162 Å². The van der Waals surface area contributed by atoms with Crippen LogP contribution in [0, 0.1) is 5.41 Å². The highest BCUT2D eigenvalue weighted by Gasteiger charge is 2.49. The minimum absolute atomic E-state index is 0.163. The number of benzene rings is 1. The number of para-hydroxylation sites is 2. The third-order valence-electron chi connectivity index (χ3n) is 5.98. The van der Waals surface area contributed by atoms with Gasteiger partial charge in [0.1, 0.15) is 11.7 Å². The molecule has 1 N–H and O–H groups in total. The number of rotatable bonds is 2. The zero-order valence-corrected chi connectivity index (χ0v) is 15.7. The summed E-state index contributed by atoms with van der Waals surface area (Å²) in [5.74, 6) is -1.34. The van der Waals surface area contributed by atoms with Crippen molar-refractivity contribution < 1.29 is 19.5 Å². The molecule has 0 saturated carbocycles. The maximum absolute atomic E-state index is 12.9. The van der Waals surface area contributed by atoms with E-state index in [1.165, 1.54) is 18.0 Å². The number of piperidine rings is 1. The molecule has 8 nitrogen and oxygen atoms in total. The van der Waals surface area contributed by atoms with Crippen molar-refractivity contribution in [1.82, 2.24) is 19.8 Å². The molecular weight excluding hydrogens is 360 g/mol. The Hall–Kier alpha value is -3.03. The number of fused-ring (bicyclic) bond motifs is 1. The summed E-state index contributed by atoms with van der Waals surface area (Å²) in [7, 11) is 0. The van der Waals surface area contributed by atoms with Crippen LogP contribution in [0.4, 0.5) is 0 Å². The second-order valence-corrected chi connectivity index (χ2v) is 7.74. The van der Waals surface area contributed by atoms with Gasteiger partial charge in [0.2, 0.25) is 5.91 Å². The minimum atomic E-state index is -0.961. The van der Waals surface area contributed by atoms with Gasteiger partial charge in [-0.1, -0.05) is 12.1 Å². The van der Waals surface area contributed by atoms with E-state index in [0.29, 0.717) is 50.1 Å². The van der Waals surface area contributed by atoms with E-state index >= 15 is 0 Å². The predicted molar refractivity (Wildman–Crippen MR) is 101 cm³/mol. The van der Waals surface area contributed by atoms with Crippen LogP contribution < -0.4 is 0 Å². The highest BCUT2D eigenvalue weighted by atomic mass is 16.4. The van der Waals surface area contributed by atoms with Gasteiger partial charge < -0.3 is 14.9 Å². The Bertz CT molecular complexity index is 928. The maximum atomic E-state index is 12.9. The number of hydrogen-bond acceptors (Lipinski definition) is 5. The Morgan fingerprint density at radius 2 is 1.82 bits per heavy atom. The van der Waals surface area contributed by atoms with Crippen molar-refractivity contribution in [2.24, 2.45) is 5.41 Å². The average molecular weight is 382 g/mol. The second-order valence-electron chi connectivity index (χ2n) is 7.74. The Morgan fingerprint density at radius 3 is 2.43 bits per heavy atom. The molecule has 28 heavy (non-hydrogen) atoms. The predicted octanol–water partition coefficient (Wildman–Crippen LogP) is 1.56. The van der Waals surface area contributed by atoms with Gasteiger partial charge in [-0.25, -0.2) is 9.78 Å². The van der Waals surface area contributed by atoms with Crippen molar-refractivity contribution in [2.75, 3.05) is 19.6 Å². The number of hydrogen-bond donors (Lipinski definition) is 1. The lowest BCUT2D eigenvalue weighted by molar-refractivity contribution is -0.147. The first-order valence-corrected chi connectivity index (χ1v) is 9.40. The fourth-order valence-corrected chi connectivity index (χ4v) is 4.38. The number of likely N-dealkylation sites (tertiary alicyclic amines) is 2. The van der Waals surface area contributed by atoms with Crippen molar-refractivity contribution in [1.29, 1.82) is 0 Å². The first-order chi connectivity index (χ1) is 13.4. The van der Waals surface area contributed by atoms with Crippen LogP contribution in [-0.2, 0) is 9.59 Å². The Morgan fingerprint density at radius 1 is 1.14 bits per heavy atom. The van der Waals surface area contributed by atoms with E-state index in [1.807, 2.05) is 24.3 Å². The van der Waals surface area contributed by atoms with E-state index in [9.17, 15) is 19.5 Å². The molecule has 3 heterocycles. The highest BCUT2D eigenvalue weighted by Crippen LogP contribution is 2.43. The molecule has 0 radical (unpaired) electrons. The van der Waals surface area contributed by atoms with E-state index < -0.39 is 12.0 Å². The number of carboxylic acid groups (broad SMARTS) is 1. The quantitative estimate of drug-likeness (QED) is 0.845. The topological polar surface area (TPSA) is 104 Å². The summed E-state index contributed by atoms with van der Waals surface area (Å²) in [4.78, 5) is 48.2. The molecule has 2 aliphatic heterocycles. The molecule has 1 spiro atoms. The van der Waals surface area contributed by atoms with Gasteiger partial charge in [-0.15, -0.1) is 0 Å². The molecule has 0 aliphatic carbocycles. The second kappa shape index (κ2) is 6.85. The molecule has 2 saturated heterocycles. The number of carbonyl (C=O) groups is 3. The molecule has 4 rings (SSSR count). The Kier molecular flexibility index (Phi) is 4.49. The van der Waals surface area contributed by atoms with Crippen molar-refractivity contribution in [3.05, 3.63) is 36.2 Å². The minimum Gasteiger partial charge on any atom is -0.480 e. The van der Waals surface area contributed by atoms with Gasteiger partial charge in [0.25, 0.3) is 5.91 Å². The summed E-state index contributed by atoms with van der Waals surface area (Å²) in [6.07, 6.45) is 3.29. The van der Waals surface area contributed by atoms with Gasteiger partial charge in [0.05, 0.1) is 17.2 Å². The first kappa shape index (κ1) is 18.3. The van der Waals surface area contributed by atoms with Crippen LogP contribution in [0.3, 0.4) is 0 Å². The summed E-state index contributed by atoms with van der Waals surface area (Å²) in [6, 6.07) is 6.63. The standard InChI is InChI=1S/C20H22N4O4/c1-13(25)24-12-20(10-17(24)19(27)28)6-8-23(9-7-20)18(26)16-11-21-14-4-2-3-5-15(14)22-16/h2-5,11,17H,6-10,12H2,1H3,(H,27,28). The summed E-state index contributed by atoms with van der Waals surface area (Å²) >= 11 is 0. The van der Waals surface area contributed by atoms with Crippen molar-refractivity contribution in [3.8, 4) is 0 Å². The number of amides is 2. The lowest BCUT2D eigenvalue weighted by atomic mass is 9.76. The summed E-state index contributed by atoms with van der Waals surface area (Å²) < 4.78 is 0. The Balaban J connectivity index is 1.47. The first-order valence-electron chi connectivity index (χ1n) is 9.40. The van der Waals surface area contributed by atoms with Gasteiger partial charge in [0, 0.05) is 26.6 Å². The number of carbonyl (C=O) groups excluding carboxylic acids is 2. The number of aromatic nitrogens is 2. The largest absolute Gasteiger partial charge is 0.480 e. The fraction of sp³-hybridized carbons (Fsp3) is 0.450. The van der Waals surface area contributed by atoms with Crippen LogP contribution in [0.15, 0.2) is 30.5 Å². The van der Waals surface area contributed by atoms with E-state index in [0.717, 1.165) is 5.52 Å².